The third-order valence-corrected chi connectivity index (χ3v) is 6.41. The molecule has 37 heavy (non-hydrogen) atoms. The van der Waals surface area contributed by atoms with E-state index >= 15 is 0 Å². The first kappa shape index (κ1) is 25.0. The van der Waals surface area contributed by atoms with Gasteiger partial charge in [0.25, 0.3) is 5.89 Å². The minimum Gasteiger partial charge on any atom is -0.490 e. The van der Waals surface area contributed by atoms with E-state index < -0.39 is 0 Å². The summed E-state index contributed by atoms with van der Waals surface area (Å²) in [6.45, 7) is 6.09. The van der Waals surface area contributed by atoms with Crippen molar-refractivity contribution in [1.82, 2.24) is 34.4 Å². The molecule has 0 aromatic carbocycles. The zero-order valence-electron chi connectivity index (χ0n) is 20.7. The molecule has 1 fully saturated rings. The number of nitrogens with zero attached hydrogens (tertiary/aromatic N) is 9. The summed E-state index contributed by atoms with van der Waals surface area (Å²) in [4.78, 5) is 24.3. The lowest BCUT2D eigenvalue weighted by Gasteiger charge is -2.36. The van der Waals surface area contributed by atoms with E-state index in [4.69, 9.17) is 31.2 Å². The number of piperazine rings is 1. The van der Waals surface area contributed by atoms with Gasteiger partial charge < -0.3 is 29.4 Å². The maximum Gasteiger partial charge on any atom is 0.266 e. The molecule has 0 radical (unpaired) electrons. The summed E-state index contributed by atoms with van der Waals surface area (Å²) in [6, 6.07) is 3.66. The van der Waals surface area contributed by atoms with Crippen LogP contribution in [0.3, 0.4) is 0 Å². The number of nitrogen functional groups attached to an aromatic ring is 1. The van der Waals surface area contributed by atoms with Crippen LogP contribution in [0.25, 0.3) is 17.4 Å². The van der Waals surface area contributed by atoms with E-state index in [1.165, 1.54) is 10.8 Å². The average Bonchev–Trinajstić information content (AvgIpc) is 3.58. The number of fused-ring (bicyclic) bond motifs is 1. The lowest BCUT2D eigenvalue weighted by atomic mass is 10.3. The number of rotatable bonds is 10. The minimum atomic E-state index is 0.248. The summed E-state index contributed by atoms with van der Waals surface area (Å²) in [6.07, 6.45) is 4.73. The first-order valence-electron chi connectivity index (χ1n) is 11.9. The van der Waals surface area contributed by atoms with Gasteiger partial charge in [0.15, 0.2) is 5.65 Å². The molecule has 14 heteroatoms. The second kappa shape index (κ2) is 11.2. The molecule has 13 nitrogen and oxygen atoms in total. The van der Waals surface area contributed by atoms with Gasteiger partial charge in [-0.2, -0.15) is 9.50 Å². The van der Waals surface area contributed by atoms with E-state index in [2.05, 4.69) is 39.7 Å². The van der Waals surface area contributed by atoms with Gasteiger partial charge >= 0.3 is 0 Å². The van der Waals surface area contributed by atoms with Crippen LogP contribution in [-0.2, 0) is 4.74 Å². The second-order valence-electron chi connectivity index (χ2n) is 8.58. The number of methoxy groups -OCH3 is 1. The van der Waals surface area contributed by atoms with Crippen molar-refractivity contribution in [3.8, 4) is 17.5 Å². The van der Waals surface area contributed by atoms with Crippen LogP contribution < -0.4 is 20.3 Å². The fourth-order valence-corrected chi connectivity index (χ4v) is 4.35. The van der Waals surface area contributed by atoms with E-state index in [0.717, 1.165) is 50.9 Å². The molecular weight excluding hydrogens is 500 g/mol. The van der Waals surface area contributed by atoms with Crippen molar-refractivity contribution < 1.29 is 13.9 Å². The van der Waals surface area contributed by atoms with Gasteiger partial charge in [0, 0.05) is 65.6 Å². The Labute approximate surface area is 218 Å². The van der Waals surface area contributed by atoms with E-state index in [1.807, 2.05) is 13.1 Å². The van der Waals surface area contributed by atoms with Crippen molar-refractivity contribution in [2.45, 2.75) is 0 Å². The van der Waals surface area contributed by atoms with Gasteiger partial charge in [-0.05, 0) is 0 Å². The zero-order valence-corrected chi connectivity index (χ0v) is 21.5. The number of nitrogens with two attached hydrogens (primary N) is 1. The average molecular weight is 529 g/mol. The summed E-state index contributed by atoms with van der Waals surface area (Å²) in [5.74, 6) is 3.08. The van der Waals surface area contributed by atoms with Crippen molar-refractivity contribution in [2.24, 2.45) is 0 Å². The second-order valence-corrected chi connectivity index (χ2v) is 8.99. The number of anilines is 3. The lowest BCUT2D eigenvalue weighted by Crippen LogP contribution is -2.48. The fourth-order valence-electron chi connectivity index (χ4n) is 4.08. The highest BCUT2D eigenvalue weighted by Crippen LogP contribution is 2.28. The summed E-state index contributed by atoms with van der Waals surface area (Å²) in [7, 11) is 3.62. The number of aromatic nitrogens is 6. The first-order valence-corrected chi connectivity index (χ1v) is 12.3. The van der Waals surface area contributed by atoms with Crippen LogP contribution in [0.5, 0.6) is 5.75 Å². The Kier molecular flexibility index (Phi) is 7.53. The molecule has 0 atom stereocenters. The van der Waals surface area contributed by atoms with Gasteiger partial charge in [-0.3, -0.25) is 4.90 Å². The molecule has 0 spiro atoms. The molecule has 0 amide bonds. The van der Waals surface area contributed by atoms with Gasteiger partial charge in [-0.1, -0.05) is 11.6 Å². The van der Waals surface area contributed by atoms with Gasteiger partial charge in [0.1, 0.15) is 30.3 Å². The van der Waals surface area contributed by atoms with Gasteiger partial charge in [0.2, 0.25) is 11.8 Å². The summed E-state index contributed by atoms with van der Waals surface area (Å²) in [5.41, 5.74) is 6.73. The van der Waals surface area contributed by atoms with Crippen LogP contribution in [0.1, 0.15) is 0 Å². The number of halogens is 1. The molecule has 0 saturated carbocycles. The Morgan fingerprint density at radius 1 is 1.14 bits per heavy atom. The summed E-state index contributed by atoms with van der Waals surface area (Å²) >= 11 is 6.49. The largest absolute Gasteiger partial charge is 0.490 e. The molecule has 5 heterocycles. The topological polar surface area (TPSA) is 136 Å². The molecule has 0 aliphatic carbocycles. The summed E-state index contributed by atoms with van der Waals surface area (Å²) < 4.78 is 17.4. The predicted molar refractivity (Wildman–Crippen MR) is 139 cm³/mol. The number of hydrogen-bond acceptors (Lipinski definition) is 12. The molecule has 1 aliphatic heterocycles. The lowest BCUT2D eigenvalue weighted by molar-refractivity contribution is 0.146. The predicted octanol–water partition coefficient (Wildman–Crippen LogP) is 1.69. The highest BCUT2D eigenvalue weighted by Gasteiger charge is 2.21. The molecule has 4 aromatic rings. The number of oxazole rings is 1. The molecule has 2 N–H and O–H groups in total. The van der Waals surface area contributed by atoms with Crippen molar-refractivity contribution in [3.63, 3.8) is 0 Å². The van der Waals surface area contributed by atoms with E-state index in [9.17, 15) is 0 Å². The Hall–Kier alpha value is -3.68. The molecule has 5 rings (SSSR count). The highest BCUT2D eigenvalue weighted by molar-refractivity contribution is 6.33. The van der Waals surface area contributed by atoms with E-state index in [1.54, 1.807) is 25.6 Å². The molecule has 1 aliphatic rings. The smallest absolute Gasteiger partial charge is 0.266 e. The van der Waals surface area contributed by atoms with Crippen LogP contribution in [-0.4, -0.2) is 101 Å². The maximum absolute atomic E-state index is 6.49. The molecule has 1 saturated heterocycles. The monoisotopic (exact) mass is 528 g/mol. The van der Waals surface area contributed by atoms with Crippen molar-refractivity contribution >= 4 is 34.8 Å². The molecule has 0 unspecified atom stereocenters. The standard InChI is InChI=1S/C23H29ClN10O3/c1-31(18-14-19-28-20(22-26-3-10-37-22)30-34(19)23(25)29-18)4-5-32-6-8-33(9-7-32)21-17(24)13-16(15-27-21)36-12-11-35-2/h3,10,13-15H,4-9,11-12H2,1-2H3,(H2,25,29). The quantitative estimate of drug-likeness (QED) is 0.300. The third kappa shape index (κ3) is 5.68. The van der Waals surface area contributed by atoms with E-state index in [-0.39, 0.29) is 5.95 Å². The number of likely N-dealkylation sites (N-methyl/N-ethyl adjacent to an activating group) is 1. The maximum atomic E-state index is 6.49. The van der Waals surface area contributed by atoms with Crippen LogP contribution in [0.15, 0.2) is 35.2 Å². The SMILES string of the molecule is COCCOc1cnc(N2CCN(CCN(C)c3cc4nc(-c5ncco5)nn4c(N)n3)CC2)c(Cl)c1. The summed E-state index contributed by atoms with van der Waals surface area (Å²) in [5, 5.41) is 4.92. The molecule has 4 aromatic heterocycles. The Bertz CT molecular complexity index is 1320. The van der Waals surface area contributed by atoms with Crippen LogP contribution in [0, 0.1) is 0 Å². The zero-order chi connectivity index (χ0) is 25.8. The van der Waals surface area contributed by atoms with Crippen LogP contribution in [0.2, 0.25) is 5.02 Å². The van der Waals surface area contributed by atoms with Crippen molar-refractivity contribution in [3.05, 3.63) is 35.8 Å². The Balaban J connectivity index is 1.15. The normalized spacial score (nSPS) is 14.4. The van der Waals surface area contributed by atoms with Gasteiger partial charge in [-0.15, -0.1) is 5.10 Å². The van der Waals surface area contributed by atoms with Crippen LogP contribution >= 0.6 is 11.6 Å². The minimum absolute atomic E-state index is 0.248. The first-order chi connectivity index (χ1) is 18.0. The third-order valence-electron chi connectivity index (χ3n) is 6.13. The fraction of sp³-hybridized carbons (Fsp3) is 0.435. The van der Waals surface area contributed by atoms with Gasteiger partial charge in [0.05, 0.1) is 24.0 Å². The number of pyridine rings is 1. The Morgan fingerprint density at radius 3 is 2.70 bits per heavy atom. The number of hydrogen-bond donors (Lipinski definition) is 1. The highest BCUT2D eigenvalue weighted by atomic mass is 35.5. The van der Waals surface area contributed by atoms with Crippen molar-refractivity contribution in [2.75, 3.05) is 82.2 Å². The Morgan fingerprint density at radius 2 is 1.97 bits per heavy atom. The number of ether oxygens (including phenoxy) is 2. The van der Waals surface area contributed by atoms with Gasteiger partial charge in [-0.25, -0.2) is 15.0 Å². The molecule has 0 bridgehead atoms. The van der Waals surface area contributed by atoms with E-state index in [0.29, 0.717) is 41.3 Å². The van der Waals surface area contributed by atoms with Crippen LogP contribution in [0.4, 0.5) is 17.6 Å². The molecular formula is C23H29ClN10O3. The molecule has 196 valence electrons. The van der Waals surface area contributed by atoms with Crippen molar-refractivity contribution in [1.29, 1.82) is 0 Å².